The Morgan fingerprint density at radius 3 is 2.57 bits per heavy atom. The molecule has 2 aromatic rings. The van der Waals surface area contributed by atoms with Crippen LogP contribution in [0.1, 0.15) is 5.56 Å². The van der Waals surface area contributed by atoms with Crippen LogP contribution in [0.25, 0.3) is 6.08 Å². The summed E-state index contributed by atoms with van der Waals surface area (Å²) < 4.78 is 12.0. The number of hydrazine groups is 1. The van der Waals surface area contributed by atoms with Gasteiger partial charge in [0.25, 0.3) is 11.8 Å². The van der Waals surface area contributed by atoms with Gasteiger partial charge in [-0.2, -0.15) is 0 Å². The van der Waals surface area contributed by atoms with Gasteiger partial charge in [0.15, 0.2) is 11.5 Å². The summed E-state index contributed by atoms with van der Waals surface area (Å²) in [6.45, 7) is 0.0642. The molecule has 1 fully saturated rings. The lowest BCUT2D eigenvalue weighted by Crippen LogP contribution is -2.35. The fourth-order valence-electron chi connectivity index (χ4n) is 2.58. The van der Waals surface area contributed by atoms with E-state index < -0.39 is 11.8 Å². The second kappa shape index (κ2) is 8.50. The molecule has 8 heteroatoms. The number of nitrogens with one attached hydrogen (secondary N) is 1. The van der Waals surface area contributed by atoms with Crippen molar-refractivity contribution in [3.05, 3.63) is 56.5 Å². The number of carbonyl (C=O) groups excluding carboxylic acids is 2. The van der Waals surface area contributed by atoms with Crippen LogP contribution in [0.5, 0.6) is 11.5 Å². The number of carbonyl (C=O) groups is 2. The second-order valence-electron chi connectivity index (χ2n) is 5.59. The third-order valence-electron chi connectivity index (χ3n) is 3.88. The Morgan fingerprint density at radius 1 is 1.21 bits per heavy atom. The molecule has 0 saturated carbocycles. The number of anilines is 1. The Morgan fingerprint density at radius 2 is 1.93 bits per heavy atom. The van der Waals surface area contributed by atoms with Gasteiger partial charge in [0.05, 0.1) is 17.3 Å². The highest BCUT2D eigenvalue weighted by Gasteiger charge is 2.34. The molecule has 0 unspecified atom stereocenters. The molecule has 2 aromatic carbocycles. The number of terminal acetylenes is 1. The number of amides is 2. The number of benzene rings is 2. The van der Waals surface area contributed by atoms with Crippen LogP contribution >= 0.6 is 31.9 Å². The summed E-state index contributed by atoms with van der Waals surface area (Å²) in [6.07, 6.45) is 6.74. The molecule has 1 saturated heterocycles. The lowest BCUT2D eigenvalue weighted by atomic mass is 10.1. The topological polar surface area (TPSA) is 67.9 Å². The van der Waals surface area contributed by atoms with E-state index in [1.165, 1.54) is 18.2 Å². The lowest BCUT2D eigenvalue weighted by Gasteiger charge is -2.14. The van der Waals surface area contributed by atoms with Crippen LogP contribution in [0, 0.1) is 12.3 Å². The average Bonchev–Trinajstić information content (AvgIpc) is 2.99. The molecule has 3 rings (SSSR count). The van der Waals surface area contributed by atoms with Gasteiger partial charge in [-0.3, -0.25) is 15.0 Å². The molecule has 1 aliphatic heterocycles. The number of para-hydroxylation sites is 1. The maximum absolute atomic E-state index is 12.7. The van der Waals surface area contributed by atoms with Crippen molar-refractivity contribution < 1.29 is 19.1 Å². The van der Waals surface area contributed by atoms with Gasteiger partial charge in [-0.15, -0.1) is 6.42 Å². The van der Waals surface area contributed by atoms with E-state index in [9.17, 15) is 9.59 Å². The maximum Gasteiger partial charge on any atom is 0.282 e. The Labute approximate surface area is 178 Å². The highest BCUT2D eigenvalue weighted by Crippen LogP contribution is 2.43. The summed E-state index contributed by atoms with van der Waals surface area (Å²) in [5.74, 6) is 2.27. The maximum atomic E-state index is 12.7. The smallest absolute Gasteiger partial charge is 0.282 e. The molecule has 1 heterocycles. The van der Waals surface area contributed by atoms with Crippen molar-refractivity contribution in [2.75, 3.05) is 18.7 Å². The van der Waals surface area contributed by atoms with E-state index in [0.29, 0.717) is 31.7 Å². The van der Waals surface area contributed by atoms with Gasteiger partial charge in [0, 0.05) is 4.47 Å². The van der Waals surface area contributed by atoms with Gasteiger partial charge in [0.1, 0.15) is 12.2 Å². The summed E-state index contributed by atoms with van der Waals surface area (Å²) in [6, 6.07) is 10.5. The molecule has 28 heavy (non-hydrogen) atoms. The highest BCUT2D eigenvalue weighted by atomic mass is 79.9. The summed E-state index contributed by atoms with van der Waals surface area (Å²) in [5.41, 5.74) is 3.69. The standard InChI is InChI=1S/C20H14Br2N2O4/c1-3-9-28-18-15(27-2)11-12(16(21)17(18)22)10-14-19(25)23-24(20(14)26)13-7-5-4-6-8-13/h1,4-8,10-11H,9H2,2H3,(H,23,25)/b14-10-. The largest absolute Gasteiger partial charge is 0.493 e. The number of methoxy groups -OCH3 is 1. The SMILES string of the molecule is C#CCOc1c(OC)cc(/C=C2/C(=O)NN(c3ccccc3)C2=O)c(Br)c1Br. The Balaban J connectivity index is 2.01. The fourth-order valence-corrected chi connectivity index (χ4v) is 3.53. The first-order valence-corrected chi connectivity index (χ1v) is 9.61. The van der Waals surface area contributed by atoms with Crippen LogP contribution in [-0.2, 0) is 9.59 Å². The minimum absolute atomic E-state index is 0.00389. The first-order valence-electron chi connectivity index (χ1n) is 8.02. The van der Waals surface area contributed by atoms with Gasteiger partial charge < -0.3 is 9.47 Å². The zero-order valence-electron chi connectivity index (χ0n) is 14.7. The van der Waals surface area contributed by atoms with Crippen molar-refractivity contribution in [3.63, 3.8) is 0 Å². The van der Waals surface area contributed by atoms with E-state index in [2.05, 4.69) is 43.2 Å². The molecule has 1 N–H and O–H groups in total. The van der Waals surface area contributed by atoms with Gasteiger partial charge >= 0.3 is 0 Å². The van der Waals surface area contributed by atoms with Crippen molar-refractivity contribution in [1.82, 2.24) is 5.43 Å². The Bertz CT molecular complexity index is 1010. The molecule has 6 nitrogen and oxygen atoms in total. The number of hydrogen-bond donors (Lipinski definition) is 1. The molecule has 0 aliphatic carbocycles. The van der Waals surface area contributed by atoms with Crippen molar-refractivity contribution >= 4 is 55.4 Å². The fraction of sp³-hybridized carbons (Fsp3) is 0.100. The second-order valence-corrected chi connectivity index (χ2v) is 7.18. The van der Waals surface area contributed by atoms with Gasteiger partial charge in [-0.05, 0) is 61.7 Å². The molecular formula is C20H14Br2N2O4. The minimum Gasteiger partial charge on any atom is -0.493 e. The predicted octanol–water partition coefficient (Wildman–Crippen LogP) is 3.69. The average molecular weight is 506 g/mol. The number of hydrogen-bond acceptors (Lipinski definition) is 4. The first kappa shape index (κ1) is 20.0. The minimum atomic E-state index is -0.497. The van der Waals surface area contributed by atoms with E-state index in [-0.39, 0.29) is 12.2 Å². The summed E-state index contributed by atoms with van der Waals surface area (Å²) >= 11 is 6.89. The van der Waals surface area contributed by atoms with Crippen molar-refractivity contribution in [2.45, 2.75) is 0 Å². The van der Waals surface area contributed by atoms with E-state index in [4.69, 9.17) is 15.9 Å². The Hall–Kier alpha value is -2.76. The van der Waals surface area contributed by atoms with Crippen molar-refractivity contribution in [1.29, 1.82) is 0 Å². The first-order chi connectivity index (χ1) is 13.5. The number of rotatable bonds is 5. The third kappa shape index (κ3) is 3.77. The number of halogens is 2. The van der Waals surface area contributed by atoms with E-state index in [0.717, 1.165) is 0 Å². The number of ether oxygens (including phenoxy) is 2. The van der Waals surface area contributed by atoms with Crippen LogP contribution < -0.4 is 19.9 Å². The number of nitrogens with zero attached hydrogens (tertiary/aromatic N) is 1. The quantitative estimate of drug-likeness (QED) is 0.382. The van der Waals surface area contributed by atoms with E-state index in [1.807, 2.05) is 6.07 Å². The predicted molar refractivity (Wildman–Crippen MR) is 113 cm³/mol. The van der Waals surface area contributed by atoms with Crippen LogP contribution in [0.3, 0.4) is 0 Å². The molecule has 0 atom stereocenters. The molecule has 0 spiro atoms. The van der Waals surface area contributed by atoms with Gasteiger partial charge in [-0.25, -0.2) is 5.01 Å². The zero-order chi connectivity index (χ0) is 20.3. The van der Waals surface area contributed by atoms with Crippen LogP contribution in [0.4, 0.5) is 5.69 Å². The molecule has 142 valence electrons. The lowest BCUT2D eigenvalue weighted by molar-refractivity contribution is -0.117. The zero-order valence-corrected chi connectivity index (χ0v) is 17.8. The van der Waals surface area contributed by atoms with E-state index >= 15 is 0 Å². The normalized spacial score (nSPS) is 14.8. The third-order valence-corrected chi connectivity index (χ3v) is 6.02. The summed E-state index contributed by atoms with van der Waals surface area (Å²) in [4.78, 5) is 25.1. The molecule has 0 radical (unpaired) electrons. The highest BCUT2D eigenvalue weighted by molar-refractivity contribution is 9.13. The van der Waals surface area contributed by atoms with Gasteiger partial charge in [-0.1, -0.05) is 24.1 Å². The van der Waals surface area contributed by atoms with Crippen LogP contribution in [0.2, 0.25) is 0 Å². The molecule has 2 amide bonds. The van der Waals surface area contributed by atoms with Crippen LogP contribution in [-0.4, -0.2) is 25.5 Å². The van der Waals surface area contributed by atoms with E-state index in [1.54, 1.807) is 30.3 Å². The summed E-state index contributed by atoms with van der Waals surface area (Å²) in [7, 11) is 1.49. The monoisotopic (exact) mass is 504 g/mol. The van der Waals surface area contributed by atoms with Crippen molar-refractivity contribution in [3.8, 4) is 23.8 Å². The molecule has 0 aromatic heterocycles. The molecule has 0 bridgehead atoms. The molecule has 1 aliphatic rings. The van der Waals surface area contributed by atoms with Crippen LogP contribution in [0.15, 0.2) is 50.9 Å². The summed E-state index contributed by atoms with van der Waals surface area (Å²) in [5, 5.41) is 1.21. The molecular weight excluding hydrogens is 492 g/mol. The van der Waals surface area contributed by atoms with Crippen molar-refractivity contribution in [2.24, 2.45) is 0 Å². The Kier molecular flexibility index (Phi) is 6.07. The van der Waals surface area contributed by atoms with Gasteiger partial charge in [0.2, 0.25) is 0 Å².